The minimum absolute atomic E-state index is 0.00271. The summed E-state index contributed by atoms with van der Waals surface area (Å²) in [6, 6.07) is 5.12. The molecule has 0 aliphatic heterocycles. The maximum atomic E-state index is 13.1. The average molecular weight is 422 g/mol. The maximum Gasteiger partial charge on any atom is 0.433 e. The fraction of sp³-hybridized carbons (Fsp3) is 0.350. The van der Waals surface area contributed by atoms with Gasteiger partial charge in [0.15, 0.2) is 11.5 Å². The Morgan fingerprint density at radius 3 is 2.60 bits per heavy atom. The van der Waals surface area contributed by atoms with E-state index < -0.39 is 17.8 Å². The third kappa shape index (κ3) is 4.09. The largest absolute Gasteiger partial charge is 0.494 e. The molecule has 0 saturated heterocycles. The molecule has 1 aromatic carbocycles. The third-order valence-electron chi connectivity index (χ3n) is 4.65. The molecule has 30 heavy (non-hydrogen) atoms. The fourth-order valence-electron chi connectivity index (χ4n) is 2.88. The molecule has 0 fully saturated rings. The van der Waals surface area contributed by atoms with E-state index in [2.05, 4.69) is 15.3 Å². The number of carbonyl (C=O) groups excluding carboxylic acids is 1. The summed E-state index contributed by atoms with van der Waals surface area (Å²) in [5, 5.41) is 3.12. The summed E-state index contributed by atoms with van der Waals surface area (Å²) in [6.45, 7) is 3.71. The Balaban J connectivity index is 2.14. The molecule has 0 bridgehead atoms. The van der Waals surface area contributed by atoms with Gasteiger partial charge in [-0.1, -0.05) is 6.92 Å². The minimum atomic E-state index is -4.61. The van der Waals surface area contributed by atoms with Gasteiger partial charge < -0.3 is 20.2 Å². The summed E-state index contributed by atoms with van der Waals surface area (Å²) >= 11 is 0. The molecule has 2 aromatic heterocycles. The smallest absolute Gasteiger partial charge is 0.433 e. The Hall–Kier alpha value is -3.14. The third-order valence-corrected chi connectivity index (χ3v) is 4.65. The van der Waals surface area contributed by atoms with Gasteiger partial charge in [0.25, 0.3) is 5.91 Å². The SMILES string of the molecule is CC[C@@H](C)NC(=O)c1nc(-c2ccc(OC)c3nc(C(F)(F)F)ccc23)oc1CN. The number of ether oxygens (including phenoxy) is 1. The number of nitrogens with one attached hydrogen (secondary N) is 1. The molecular weight excluding hydrogens is 401 g/mol. The molecule has 2 heterocycles. The van der Waals surface area contributed by atoms with Crippen molar-refractivity contribution >= 4 is 16.8 Å². The molecule has 0 unspecified atom stereocenters. The van der Waals surface area contributed by atoms with Crippen LogP contribution in [0.25, 0.3) is 22.4 Å². The van der Waals surface area contributed by atoms with Gasteiger partial charge in [0.2, 0.25) is 5.89 Å². The van der Waals surface area contributed by atoms with Crippen LogP contribution in [-0.4, -0.2) is 29.0 Å². The number of amides is 1. The molecule has 0 saturated carbocycles. The second-order valence-corrected chi connectivity index (χ2v) is 6.68. The molecule has 10 heteroatoms. The van der Waals surface area contributed by atoms with E-state index in [9.17, 15) is 18.0 Å². The first-order valence-corrected chi connectivity index (χ1v) is 9.25. The number of rotatable bonds is 6. The van der Waals surface area contributed by atoms with Gasteiger partial charge in [-0.05, 0) is 37.6 Å². The van der Waals surface area contributed by atoms with Crippen LogP contribution in [-0.2, 0) is 12.7 Å². The molecule has 1 atom stereocenters. The molecule has 0 aliphatic carbocycles. The van der Waals surface area contributed by atoms with Crippen molar-refractivity contribution in [1.29, 1.82) is 0 Å². The Morgan fingerprint density at radius 1 is 1.27 bits per heavy atom. The molecule has 0 spiro atoms. The van der Waals surface area contributed by atoms with E-state index in [0.29, 0.717) is 10.9 Å². The van der Waals surface area contributed by atoms with E-state index in [1.807, 2.05) is 13.8 Å². The summed E-state index contributed by atoms with van der Waals surface area (Å²) in [7, 11) is 1.34. The number of fused-ring (bicyclic) bond motifs is 1. The molecule has 0 radical (unpaired) electrons. The van der Waals surface area contributed by atoms with E-state index in [1.165, 1.54) is 19.2 Å². The van der Waals surface area contributed by atoms with E-state index >= 15 is 0 Å². The van der Waals surface area contributed by atoms with Crippen molar-refractivity contribution in [3.63, 3.8) is 0 Å². The average Bonchev–Trinajstić information content (AvgIpc) is 3.16. The van der Waals surface area contributed by atoms with Crippen molar-refractivity contribution in [2.45, 2.75) is 39.0 Å². The van der Waals surface area contributed by atoms with Crippen LogP contribution in [0, 0.1) is 0 Å². The normalized spacial score (nSPS) is 12.8. The number of hydrogen-bond donors (Lipinski definition) is 2. The molecular formula is C20H21F3N4O3. The highest BCUT2D eigenvalue weighted by molar-refractivity contribution is 5.98. The van der Waals surface area contributed by atoms with Gasteiger partial charge in [-0.15, -0.1) is 0 Å². The number of hydrogen-bond acceptors (Lipinski definition) is 6. The number of oxazole rings is 1. The molecule has 3 N–H and O–H groups in total. The zero-order valence-corrected chi connectivity index (χ0v) is 16.6. The first-order chi connectivity index (χ1) is 14.2. The van der Waals surface area contributed by atoms with Gasteiger partial charge >= 0.3 is 6.18 Å². The fourth-order valence-corrected chi connectivity index (χ4v) is 2.88. The monoisotopic (exact) mass is 422 g/mol. The number of methoxy groups -OCH3 is 1. The predicted octanol–water partition coefficient (Wildman–Crippen LogP) is 3.90. The van der Waals surface area contributed by atoms with Crippen LogP contribution in [0.5, 0.6) is 5.75 Å². The van der Waals surface area contributed by atoms with Crippen LogP contribution in [0.2, 0.25) is 0 Å². The lowest BCUT2D eigenvalue weighted by Crippen LogP contribution is -2.32. The first-order valence-electron chi connectivity index (χ1n) is 9.25. The Kier molecular flexibility index (Phi) is 5.97. The van der Waals surface area contributed by atoms with Crippen molar-refractivity contribution in [1.82, 2.24) is 15.3 Å². The topological polar surface area (TPSA) is 103 Å². The standard InChI is InChI=1S/C20H21F3N4O3/c1-4-10(2)25-18(28)17-14(9-24)30-19(27-17)12-5-7-13(29-3)16-11(12)6-8-15(26-16)20(21,22)23/h5-8,10H,4,9,24H2,1-3H3,(H,25,28)/t10-/m1/s1. The van der Waals surface area contributed by atoms with Crippen LogP contribution in [0.15, 0.2) is 28.7 Å². The molecule has 160 valence electrons. The predicted molar refractivity (Wildman–Crippen MR) is 104 cm³/mol. The van der Waals surface area contributed by atoms with E-state index in [-0.39, 0.29) is 41.2 Å². The number of alkyl halides is 3. The van der Waals surface area contributed by atoms with Crippen LogP contribution in [0.4, 0.5) is 13.2 Å². The van der Waals surface area contributed by atoms with Gasteiger partial charge in [0, 0.05) is 17.0 Å². The van der Waals surface area contributed by atoms with Crippen LogP contribution in [0.1, 0.15) is 42.2 Å². The summed E-state index contributed by atoms with van der Waals surface area (Å²) in [5.41, 5.74) is 5.06. The van der Waals surface area contributed by atoms with Gasteiger partial charge in [0.1, 0.15) is 17.0 Å². The number of aromatic nitrogens is 2. The second-order valence-electron chi connectivity index (χ2n) is 6.68. The Labute approximate surface area is 170 Å². The van der Waals surface area contributed by atoms with Crippen molar-refractivity contribution in [3.05, 3.63) is 41.4 Å². The van der Waals surface area contributed by atoms with Crippen LogP contribution in [0.3, 0.4) is 0 Å². The van der Waals surface area contributed by atoms with E-state index in [1.54, 1.807) is 6.07 Å². The quantitative estimate of drug-likeness (QED) is 0.624. The van der Waals surface area contributed by atoms with Gasteiger partial charge in [-0.25, -0.2) is 9.97 Å². The molecule has 3 rings (SSSR count). The zero-order chi connectivity index (χ0) is 22.1. The molecule has 7 nitrogen and oxygen atoms in total. The lowest BCUT2D eigenvalue weighted by atomic mass is 10.1. The van der Waals surface area contributed by atoms with Crippen molar-refractivity contribution in [3.8, 4) is 17.2 Å². The van der Waals surface area contributed by atoms with Gasteiger partial charge in [0.05, 0.1) is 13.7 Å². The lowest BCUT2D eigenvalue weighted by molar-refractivity contribution is -0.140. The number of halogens is 3. The summed E-state index contributed by atoms with van der Waals surface area (Å²) in [5.74, 6) is -0.0381. The number of nitrogens with two attached hydrogens (primary N) is 1. The van der Waals surface area contributed by atoms with Crippen LogP contribution >= 0.6 is 0 Å². The zero-order valence-electron chi connectivity index (χ0n) is 16.6. The minimum Gasteiger partial charge on any atom is -0.494 e. The lowest BCUT2D eigenvalue weighted by Gasteiger charge is -2.11. The van der Waals surface area contributed by atoms with E-state index in [0.717, 1.165) is 12.5 Å². The number of carbonyl (C=O) groups is 1. The first kappa shape index (κ1) is 21.6. The Morgan fingerprint density at radius 2 is 2.00 bits per heavy atom. The van der Waals surface area contributed by atoms with E-state index in [4.69, 9.17) is 14.9 Å². The van der Waals surface area contributed by atoms with Crippen molar-refractivity contribution < 1.29 is 27.1 Å². The second kappa shape index (κ2) is 8.31. The molecule has 0 aliphatic rings. The number of benzene rings is 1. The highest BCUT2D eigenvalue weighted by atomic mass is 19.4. The van der Waals surface area contributed by atoms with Gasteiger partial charge in [-0.3, -0.25) is 4.79 Å². The molecule has 1 amide bonds. The van der Waals surface area contributed by atoms with Crippen LogP contribution < -0.4 is 15.8 Å². The Bertz CT molecular complexity index is 1080. The summed E-state index contributed by atoms with van der Waals surface area (Å²) < 4.78 is 50.2. The summed E-state index contributed by atoms with van der Waals surface area (Å²) in [4.78, 5) is 20.5. The highest BCUT2D eigenvalue weighted by Gasteiger charge is 2.33. The summed E-state index contributed by atoms with van der Waals surface area (Å²) in [6.07, 6.45) is -3.88. The van der Waals surface area contributed by atoms with Crippen molar-refractivity contribution in [2.75, 3.05) is 7.11 Å². The number of pyridine rings is 1. The van der Waals surface area contributed by atoms with Crippen molar-refractivity contribution in [2.24, 2.45) is 5.73 Å². The maximum absolute atomic E-state index is 13.1. The number of nitrogens with zero attached hydrogens (tertiary/aromatic N) is 2. The molecule has 3 aromatic rings. The van der Waals surface area contributed by atoms with Gasteiger partial charge in [-0.2, -0.15) is 13.2 Å². The highest BCUT2D eigenvalue weighted by Crippen LogP contribution is 2.36.